The van der Waals surface area contributed by atoms with E-state index in [4.69, 9.17) is 9.47 Å². The molecule has 0 saturated carbocycles. The first kappa shape index (κ1) is 19.0. The molecule has 0 aliphatic carbocycles. The zero-order valence-corrected chi connectivity index (χ0v) is 15.2. The van der Waals surface area contributed by atoms with Crippen molar-refractivity contribution < 1.29 is 27.5 Å². The number of hydrogen-bond acceptors (Lipinski definition) is 7. The first-order valence-corrected chi connectivity index (χ1v) is 9.63. The fourth-order valence-electron chi connectivity index (χ4n) is 2.58. The van der Waals surface area contributed by atoms with E-state index in [2.05, 4.69) is 5.32 Å². The van der Waals surface area contributed by atoms with Gasteiger partial charge in [-0.3, -0.25) is 0 Å². The van der Waals surface area contributed by atoms with Gasteiger partial charge in [-0.2, -0.15) is 0 Å². The summed E-state index contributed by atoms with van der Waals surface area (Å²) in [5.74, 6) is -1.59. The van der Waals surface area contributed by atoms with E-state index < -0.39 is 21.8 Å². The highest BCUT2D eigenvalue weighted by molar-refractivity contribution is 7.91. The summed E-state index contributed by atoms with van der Waals surface area (Å²) in [7, 11) is -3.31. The molecule has 0 bridgehead atoms. The van der Waals surface area contributed by atoms with Gasteiger partial charge in [0.15, 0.2) is 15.4 Å². The van der Waals surface area contributed by atoms with Gasteiger partial charge in [-0.05, 0) is 37.5 Å². The molecule has 2 rings (SSSR count). The van der Waals surface area contributed by atoms with Crippen LogP contribution >= 0.6 is 0 Å². The van der Waals surface area contributed by atoms with Crippen LogP contribution in [-0.2, 0) is 28.9 Å². The average molecular weight is 367 g/mol. The van der Waals surface area contributed by atoms with Crippen molar-refractivity contribution in [3.63, 3.8) is 0 Å². The molecule has 0 saturated heterocycles. The predicted octanol–water partition coefficient (Wildman–Crippen LogP) is 2.00. The van der Waals surface area contributed by atoms with Crippen LogP contribution < -0.4 is 5.32 Å². The minimum absolute atomic E-state index is 0.0563. The van der Waals surface area contributed by atoms with E-state index >= 15 is 0 Å². The number of nitrogens with one attached hydrogen (secondary N) is 1. The largest absolute Gasteiger partial charge is 0.462 e. The third-order valence-corrected chi connectivity index (χ3v) is 5.69. The van der Waals surface area contributed by atoms with Crippen molar-refractivity contribution in [1.82, 2.24) is 0 Å². The molecule has 0 radical (unpaired) electrons. The number of anilines is 1. The van der Waals surface area contributed by atoms with Gasteiger partial charge in [0.2, 0.25) is 0 Å². The maximum Gasteiger partial charge on any atom is 0.347 e. The van der Waals surface area contributed by atoms with E-state index in [1.807, 2.05) is 6.92 Å². The second kappa shape index (κ2) is 7.69. The summed E-state index contributed by atoms with van der Waals surface area (Å²) in [6.45, 7) is 5.34. The summed E-state index contributed by atoms with van der Waals surface area (Å²) in [5, 5.41) is 2.78. The molecule has 1 unspecified atom stereocenters. The van der Waals surface area contributed by atoms with Crippen LogP contribution in [0.5, 0.6) is 0 Å². The van der Waals surface area contributed by atoms with Crippen molar-refractivity contribution in [1.29, 1.82) is 0 Å². The molecule has 0 amide bonds. The Bertz CT molecular complexity index is 792. The molecule has 1 atom stereocenters. The molecular formula is C17H21NO6S. The van der Waals surface area contributed by atoms with Crippen molar-refractivity contribution >= 4 is 27.5 Å². The molecule has 1 N–H and O–H groups in total. The van der Waals surface area contributed by atoms with Crippen LogP contribution in [0.2, 0.25) is 0 Å². The first-order valence-electron chi connectivity index (χ1n) is 7.97. The number of esters is 2. The second-order valence-electron chi connectivity index (χ2n) is 5.58. The van der Waals surface area contributed by atoms with Crippen LogP contribution in [0.1, 0.15) is 32.3 Å². The van der Waals surface area contributed by atoms with E-state index in [0.29, 0.717) is 5.69 Å². The Morgan fingerprint density at radius 3 is 2.36 bits per heavy atom. The molecule has 25 heavy (non-hydrogen) atoms. The molecule has 7 nitrogen and oxygen atoms in total. The first-order chi connectivity index (χ1) is 11.8. The van der Waals surface area contributed by atoms with E-state index in [-0.39, 0.29) is 35.4 Å². The van der Waals surface area contributed by atoms with Crippen LogP contribution in [-0.4, -0.2) is 39.3 Å². The summed E-state index contributed by atoms with van der Waals surface area (Å²) in [6, 6.07) is 4.92. The Labute approximate surface area is 146 Å². The zero-order chi connectivity index (χ0) is 18.6. The molecule has 1 aliphatic heterocycles. The summed E-state index contributed by atoms with van der Waals surface area (Å²) in [5.41, 5.74) is 0.925. The van der Waals surface area contributed by atoms with Crippen molar-refractivity contribution in [2.24, 2.45) is 0 Å². The van der Waals surface area contributed by atoms with Gasteiger partial charge >= 0.3 is 11.9 Å². The molecule has 0 fully saturated rings. The Balaban J connectivity index is 2.29. The molecule has 1 aromatic rings. The minimum atomic E-state index is -3.31. The van der Waals surface area contributed by atoms with E-state index in [1.54, 1.807) is 26.0 Å². The van der Waals surface area contributed by atoms with Gasteiger partial charge in [-0.1, -0.05) is 13.0 Å². The van der Waals surface area contributed by atoms with Gasteiger partial charge in [0.1, 0.15) is 0 Å². The van der Waals surface area contributed by atoms with Gasteiger partial charge < -0.3 is 14.8 Å². The van der Waals surface area contributed by atoms with Crippen LogP contribution in [0.15, 0.2) is 34.9 Å². The van der Waals surface area contributed by atoms with Gasteiger partial charge in [-0.25, -0.2) is 18.0 Å². The Morgan fingerprint density at radius 1 is 1.20 bits per heavy atom. The number of carbonyl (C=O) groups excluding carboxylic acids is 2. The van der Waals surface area contributed by atoms with Crippen LogP contribution in [0.3, 0.4) is 0 Å². The monoisotopic (exact) mass is 367 g/mol. The molecule has 0 spiro atoms. The standard InChI is InChI=1S/C17H21NO6S/c1-4-23-16(19)14(17(20)24-5-2)9-18-12-6-7-13-11(3)10-25(21,22)15(13)8-12/h6-9,11,18H,4-5,10H2,1-3H3. The lowest BCUT2D eigenvalue weighted by Gasteiger charge is -2.09. The average Bonchev–Trinajstić information content (AvgIpc) is 2.77. The Morgan fingerprint density at radius 2 is 1.80 bits per heavy atom. The fourth-order valence-corrected chi connectivity index (χ4v) is 4.54. The lowest BCUT2D eigenvalue weighted by Crippen LogP contribution is -2.19. The number of benzene rings is 1. The van der Waals surface area contributed by atoms with Crippen molar-refractivity contribution in [2.45, 2.75) is 31.6 Å². The topological polar surface area (TPSA) is 98.8 Å². The van der Waals surface area contributed by atoms with Crippen LogP contribution in [0, 0.1) is 0 Å². The van der Waals surface area contributed by atoms with Gasteiger partial charge in [0.05, 0.1) is 23.9 Å². The Hall–Kier alpha value is -2.35. The summed E-state index contributed by atoms with van der Waals surface area (Å²) < 4.78 is 34.0. The lowest BCUT2D eigenvalue weighted by atomic mass is 10.0. The minimum Gasteiger partial charge on any atom is -0.462 e. The highest BCUT2D eigenvalue weighted by Gasteiger charge is 2.32. The summed E-state index contributed by atoms with van der Waals surface area (Å²) in [4.78, 5) is 24.0. The van der Waals surface area contributed by atoms with Crippen molar-refractivity contribution in [3.05, 3.63) is 35.5 Å². The van der Waals surface area contributed by atoms with E-state index in [1.165, 1.54) is 12.3 Å². The molecule has 1 heterocycles. The lowest BCUT2D eigenvalue weighted by molar-refractivity contribution is -0.146. The third-order valence-electron chi connectivity index (χ3n) is 3.72. The number of carbonyl (C=O) groups is 2. The molecular weight excluding hydrogens is 346 g/mol. The maximum absolute atomic E-state index is 12.1. The number of hydrogen-bond donors (Lipinski definition) is 1. The van der Waals surface area contributed by atoms with E-state index in [9.17, 15) is 18.0 Å². The molecule has 8 heteroatoms. The normalized spacial score (nSPS) is 17.3. The number of ether oxygens (including phenoxy) is 2. The predicted molar refractivity (Wildman–Crippen MR) is 91.9 cm³/mol. The number of sulfone groups is 1. The number of rotatable bonds is 6. The third kappa shape index (κ3) is 4.19. The smallest absolute Gasteiger partial charge is 0.347 e. The molecule has 1 aliphatic rings. The van der Waals surface area contributed by atoms with E-state index in [0.717, 1.165) is 5.56 Å². The summed E-state index contributed by atoms with van der Waals surface area (Å²) in [6.07, 6.45) is 1.17. The molecule has 0 aromatic heterocycles. The van der Waals surface area contributed by atoms with Crippen LogP contribution in [0.25, 0.3) is 0 Å². The summed E-state index contributed by atoms with van der Waals surface area (Å²) >= 11 is 0. The van der Waals surface area contributed by atoms with Gasteiger partial charge in [0, 0.05) is 11.9 Å². The highest BCUT2D eigenvalue weighted by atomic mass is 32.2. The van der Waals surface area contributed by atoms with Gasteiger partial charge in [0.25, 0.3) is 0 Å². The molecule has 136 valence electrons. The highest BCUT2D eigenvalue weighted by Crippen LogP contribution is 2.36. The second-order valence-corrected chi connectivity index (χ2v) is 7.58. The quantitative estimate of drug-likeness (QED) is 0.355. The van der Waals surface area contributed by atoms with Crippen LogP contribution in [0.4, 0.5) is 5.69 Å². The fraction of sp³-hybridized carbons (Fsp3) is 0.412. The van der Waals surface area contributed by atoms with Crippen molar-refractivity contribution in [2.75, 3.05) is 24.3 Å². The SMILES string of the molecule is CCOC(=O)C(=CNc1ccc2c(c1)S(=O)(=O)CC2C)C(=O)OCC. The molecule has 1 aromatic carbocycles. The number of fused-ring (bicyclic) bond motifs is 1. The van der Waals surface area contributed by atoms with Crippen molar-refractivity contribution in [3.8, 4) is 0 Å². The zero-order valence-electron chi connectivity index (χ0n) is 14.4. The Kier molecular flexibility index (Phi) is 5.84. The maximum atomic E-state index is 12.1. The van der Waals surface area contributed by atoms with Gasteiger partial charge in [-0.15, -0.1) is 0 Å².